The van der Waals surface area contributed by atoms with E-state index in [4.69, 9.17) is 0 Å². The third-order valence-corrected chi connectivity index (χ3v) is 7.55. The summed E-state index contributed by atoms with van der Waals surface area (Å²) in [5, 5.41) is 0. The van der Waals surface area contributed by atoms with E-state index in [1.54, 1.807) is 0 Å². The summed E-state index contributed by atoms with van der Waals surface area (Å²) >= 11 is 0. The van der Waals surface area contributed by atoms with Crippen LogP contribution in [-0.4, -0.2) is 59.3 Å². The van der Waals surface area contributed by atoms with Crippen LogP contribution in [0, 0.1) is 0 Å². The lowest BCUT2D eigenvalue weighted by molar-refractivity contribution is 0.210. The first-order chi connectivity index (χ1) is 16.9. The molecule has 188 valence electrons. The van der Waals surface area contributed by atoms with Gasteiger partial charge in [-0.2, -0.15) is 0 Å². The van der Waals surface area contributed by atoms with Gasteiger partial charge in [0.2, 0.25) is 0 Å². The van der Waals surface area contributed by atoms with Crippen LogP contribution in [0.3, 0.4) is 0 Å². The smallest absolute Gasteiger partial charge is 0.0991 e. The van der Waals surface area contributed by atoms with Crippen molar-refractivity contribution in [1.82, 2.24) is 4.90 Å². The summed E-state index contributed by atoms with van der Waals surface area (Å²) in [5.41, 5.74) is 7.29. The molecule has 0 radical (unpaired) electrons. The van der Waals surface area contributed by atoms with E-state index in [-0.39, 0.29) is 0 Å². The molecule has 0 spiro atoms. The van der Waals surface area contributed by atoms with Gasteiger partial charge in [-0.25, -0.2) is 0 Å². The first-order valence-corrected chi connectivity index (χ1v) is 13.0. The summed E-state index contributed by atoms with van der Waals surface area (Å²) in [6, 6.07) is 26.7. The van der Waals surface area contributed by atoms with Crippen LogP contribution in [0.25, 0.3) is 0 Å². The minimum atomic E-state index is -0.442. The summed E-state index contributed by atoms with van der Waals surface area (Å²) in [6.45, 7) is 12.7. The van der Waals surface area contributed by atoms with Crippen molar-refractivity contribution in [1.29, 1.82) is 0 Å². The van der Waals surface area contributed by atoms with Crippen LogP contribution in [0.5, 0.6) is 0 Å². The first kappa shape index (κ1) is 26.6. The molecule has 0 unspecified atom stereocenters. The molecule has 0 amide bonds. The standard InChI is InChI=1S/C31H44N4/c1-9-32(5)28-24-23-27(29(33(6)10-2)30(28)34(7)11-3)31(35(8)12-4,25-19-15-13-16-20-25)26-21-17-14-18-22-26/h13-24H,9-12H2,1-8H3. The van der Waals surface area contributed by atoms with E-state index in [1.165, 1.54) is 33.8 Å². The van der Waals surface area contributed by atoms with E-state index >= 15 is 0 Å². The fourth-order valence-corrected chi connectivity index (χ4v) is 5.14. The van der Waals surface area contributed by atoms with Crippen LogP contribution in [0.1, 0.15) is 44.4 Å². The maximum atomic E-state index is 2.50. The normalized spacial score (nSPS) is 11.6. The third kappa shape index (κ3) is 4.77. The predicted octanol–water partition coefficient (Wildman–Crippen LogP) is 6.30. The van der Waals surface area contributed by atoms with Crippen molar-refractivity contribution in [2.75, 3.05) is 69.1 Å². The summed E-state index contributed by atoms with van der Waals surface area (Å²) in [7, 11) is 8.90. The lowest BCUT2D eigenvalue weighted by Gasteiger charge is -2.46. The zero-order valence-corrected chi connectivity index (χ0v) is 23.0. The number of hydrogen-bond acceptors (Lipinski definition) is 4. The molecule has 3 rings (SSSR count). The quantitative estimate of drug-likeness (QED) is 0.304. The van der Waals surface area contributed by atoms with Crippen LogP contribution in [-0.2, 0) is 5.54 Å². The fourth-order valence-electron chi connectivity index (χ4n) is 5.14. The summed E-state index contributed by atoms with van der Waals surface area (Å²) in [4.78, 5) is 9.68. The zero-order valence-electron chi connectivity index (χ0n) is 23.0. The molecular weight excluding hydrogens is 428 g/mol. The number of benzene rings is 3. The average Bonchev–Trinajstić information content (AvgIpc) is 2.92. The molecule has 0 fully saturated rings. The molecular formula is C31H44N4. The zero-order chi connectivity index (χ0) is 25.6. The summed E-state index contributed by atoms with van der Waals surface area (Å²) in [6.07, 6.45) is 0. The summed E-state index contributed by atoms with van der Waals surface area (Å²) < 4.78 is 0. The lowest BCUT2D eigenvalue weighted by atomic mass is 9.74. The average molecular weight is 473 g/mol. The van der Waals surface area contributed by atoms with Gasteiger partial charge in [-0.3, -0.25) is 4.90 Å². The first-order valence-electron chi connectivity index (χ1n) is 13.0. The molecule has 0 aromatic heterocycles. The van der Waals surface area contributed by atoms with Gasteiger partial charge in [0.1, 0.15) is 0 Å². The Labute approximate surface area is 213 Å². The van der Waals surface area contributed by atoms with E-state index in [0.29, 0.717) is 0 Å². The van der Waals surface area contributed by atoms with Crippen molar-refractivity contribution in [3.05, 3.63) is 89.5 Å². The largest absolute Gasteiger partial charge is 0.373 e. The van der Waals surface area contributed by atoms with E-state index in [0.717, 1.165) is 26.2 Å². The highest BCUT2D eigenvalue weighted by Crippen LogP contribution is 2.50. The van der Waals surface area contributed by atoms with Gasteiger partial charge < -0.3 is 14.7 Å². The molecule has 3 aromatic rings. The fraction of sp³-hybridized carbons (Fsp3) is 0.419. The Balaban J connectivity index is 2.57. The molecule has 3 aromatic carbocycles. The number of rotatable bonds is 11. The molecule has 0 saturated heterocycles. The Kier molecular flexibility index (Phi) is 8.85. The van der Waals surface area contributed by atoms with Gasteiger partial charge in [0.15, 0.2) is 0 Å². The minimum Gasteiger partial charge on any atom is -0.373 e. The lowest BCUT2D eigenvalue weighted by Crippen LogP contribution is -2.47. The van der Waals surface area contributed by atoms with Gasteiger partial charge in [-0.15, -0.1) is 0 Å². The van der Waals surface area contributed by atoms with Crippen molar-refractivity contribution in [2.45, 2.75) is 33.2 Å². The second kappa shape index (κ2) is 11.6. The highest BCUT2D eigenvalue weighted by atomic mass is 15.2. The Morgan fingerprint density at radius 3 is 1.40 bits per heavy atom. The molecule has 0 aliphatic carbocycles. The van der Waals surface area contributed by atoms with E-state index in [2.05, 4.69) is 148 Å². The molecule has 0 bridgehead atoms. The molecule has 0 atom stereocenters. The topological polar surface area (TPSA) is 13.0 Å². The van der Waals surface area contributed by atoms with Crippen LogP contribution in [0.2, 0.25) is 0 Å². The second-order valence-electron chi connectivity index (χ2n) is 9.33. The van der Waals surface area contributed by atoms with Crippen LogP contribution >= 0.6 is 0 Å². The van der Waals surface area contributed by atoms with Gasteiger partial charge in [0, 0.05) is 46.3 Å². The second-order valence-corrected chi connectivity index (χ2v) is 9.33. The van der Waals surface area contributed by atoms with Crippen molar-refractivity contribution < 1.29 is 0 Å². The molecule has 0 N–H and O–H groups in total. The van der Waals surface area contributed by atoms with Crippen molar-refractivity contribution in [2.24, 2.45) is 0 Å². The molecule has 35 heavy (non-hydrogen) atoms. The molecule has 0 saturated carbocycles. The van der Waals surface area contributed by atoms with Gasteiger partial charge >= 0.3 is 0 Å². The Morgan fingerprint density at radius 1 is 0.514 bits per heavy atom. The Morgan fingerprint density at radius 2 is 0.971 bits per heavy atom. The Bertz CT molecular complexity index is 1020. The minimum absolute atomic E-state index is 0.442. The van der Waals surface area contributed by atoms with Crippen molar-refractivity contribution in [3.8, 4) is 0 Å². The van der Waals surface area contributed by atoms with Crippen LogP contribution in [0.15, 0.2) is 72.8 Å². The maximum Gasteiger partial charge on any atom is 0.0991 e. The van der Waals surface area contributed by atoms with Crippen molar-refractivity contribution in [3.63, 3.8) is 0 Å². The molecule has 0 aliphatic heterocycles. The molecule has 0 heterocycles. The molecule has 4 nitrogen and oxygen atoms in total. The van der Waals surface area contributed by atoms with Crippen LogP contribution < -0.4 is 14.7 Å². The summed E-state index contributed by atoms with van der Waals surface area (Å²) in [5.74, 6) is 0. The number of anilines is 3. The molecule has 0 aliphatic rings. The van der Waals surface area contributed by atoms with Gasteiger partial charge in [0.25, 0.3) is 0 Å². The number of hydrogen-bond donors (Lipinski definition) is 0. The predicted molar refractivity (Wildman–Crippen MR) is 154 cm³/mol. The van der Waals surface area contributed by atoms with E-state index < -0.39 is 5.54 Å². The van der Waals surface area contributed by atoms with Crippen LogP contribution in [0.4, 0.5) is 17.1 Å². The van der Waals surface area contributed by atoms with Gasteiger partial charge in [-0.05, 0) is 51.6 Å². The SMILES string of the molecule is CCN(C)c1ccc(C(c2ccccc2)(c2ccccc2)N(C)CC)c(N(C)CC)c1N(C)CC. The molecule has 4 heteroatoms. The van der Waals surface area contributed by atoms with Crippen molar-refractivity contribution >= 4 is 17.1 Å². The maximum absolute atomic E-state index is 2.50. The highest BCUT2D eigenvalue weighted by molar-refractivity contribution is 5.88. The Hall–Kier alpha value is -2.98. The van der Waals surface area contributed by atoms with E-state index in [1.807, 2.05) is 0 Å². The van der Waals surface area contributed by atoms with E-state index in [9.17, 15) is 0 Å². The van der Waals surface area contributed by atoms with Gasteiger partial charge in [-0.1, -0.05) is 73.7 Å². The number of nitrogens with zero attached hydrogens (tertiary/aromatic N) is 4. The third-order valence-electron chi connectivity index (χ3n) is 7.55. The highest BCUT2D eigenvalue weighted by Gasteiger charge is 2.43. The van der Waals surface area contributed by atoms with Gasteiger partial charge in [0.05, 0.1) is 22.6 Å². The monoisotopic (exact) mass is 472 g/mol.